The number of anilines is 1. The summed E-state index contributed by atoms with van der Waals surface area (Å²) in [6.07, 6.45) is 1.65. The zero-order valence-electron chi connectivity index (χ0n) is 12.8. The molecular formula is C17H13ClN6. The van der Waals surface area contributed by atoms with Crippen LogP contribution in [0.3, 0.4) is 0 Å². The summed E-state index contributed by atoms with van der Waals surface area (Å²) < 4.78 is 0. The molecule has 2 N–H and O–H groups in total. The Bertz CT molecular complexity index is 1070. The van der Waals surface area contributed by atoms with Gasteiger partial charge in [0, 0.05) is 15.9 Å². The van der Waals surface area contributed by atoms with Gasteiger partial charge in [0.2, 0.25) is 0 Å². The van der Waals surface area contributed by atoms with Gasteiger partial charge in [-0.3, -0.25) is 0 Å². The van der Waals surface area contributed by atoms with Crippen molar-refractivity contribution in [3.05, 3.63) is 58.6 Å². The lowest BCUT2D eigenvalue weighted by atomic mass is 10.2. The summed E-state index contributed by atoms with van der Waals surface area (Å²) in [5.41, 5.74) is 7.23. The molecule has 6 nitrogen and oxygen atoms in total. The van der Waals surface area contributed by atoms with E-state index >= 15 is 0 Å². The Morgan fingerprint density at radius 3 is 2.96 bits per heavy atom. The summed E-state index contributed by atoms with van der Waals surface area (Å²) in [6.45, 7) is 2.04. The van der Waals surface area contributed by atoms with Crippen LogP contribution in [-0.2, 0) is 0 Å². The highest BCUT2D eigenvalue weighted by atomic mass is 35.5. The smallest absolute Gasteiger partial charge is 0.265 e. The van der Waals surface area contributed by atoms with Crippen molar-refractivity contribution in [2.75, 3.05) is 5.43 Å². The van der Waals surface area contributed by atoms with Gasteiger partial charge in [0.15, 0.2) is 5.65 Å². The third-order valence-corrected chi connectivity index (χ3v) is 3.83. The van der Waals surface area contributed by atoms with Crippen LogP contribution in [0.25, 0.3) is 22.1 Å². The van der Waals surface area contributed by atoms with Gasteiger partial charge in [-0.05, 0) is 36.8 Å². The summed E-state index contributed by atoms with van der Waals surface area (Å²) in [4.78, 5) is 7.65. The topological polar surface area (TPSA) is 78.9 Å². The highest BCUT2D eigenvalue weighted by molar-refractivity contribution is 6.30. The number of aromatic amines is 1. The minimum atomic E-state index is 0.323. The molecule has 4 aromatic rings. The molecule has 0 saturated heterocycles. The number of halogens is 1. The van der Waals surface area contributed by atoms with E-state index < -0.39 is 0 Å². The van der Waals surface area contributed by atoms with E-state index in [4.69, 9.17) is 11.6 Å². The van der Waals surface area contributed by atoms with Gasteiger partial charge in [-0.2, -0.15) is 10.1 Å². The van der Waals surface area contributed by atoms with Gasteiger partial charge in [0.25, 0.3) is 5.95 Å². The van der Waals surface area contributed by atoms with Crippen LogP contribution in [-0.4, -0.2) is 26.4 Å². The first-order valence-corrected chi connectivity index (χ1v) is 7.74. The summed E-state index contributed by atoms with van der Waals surface area (Å²) in [7, 11) is 0. The van der Waals surface area contributed by atoms with E-state index in [1.54, 1.807) is 6.21 Å². The number of fused-ring (bicyclic) bond motifs is 3. The average Bonchev–Trinajstić information content (AvgIpc) is 2.92. The SMILES string of the molecule is Cc1ccc2[nH]c3nc(N/N=C\c4cccc(Cl)c4)nnc3c2c1. The second-order valence-corrected chi connectivity index (χ2v) is 5.87. The monoisotopic (exact) mass is 336 g/mol. The summed E-state index contributed by atoms with van der Waals surface area (Å²) in [5, 5.41) is 14.1. The number of benzene rings is 2. The summed E-state index contributed by atoms with van der Waals surface area (Å²) >= 11 is 5.93. The van der Waals surface area contributed by atoms with Crippen molar-refractivity contribution in [1.29, 1.82) is 0 Å². The van der Waals surface area contributed by atoms with Crippen LogP contribution in [0.1, 0.15) is 11.1 Å². The standard InChI is InChI=1S/C17H13ClN6/c1-10-5-6-14-13(7-10)15-16(20-14)21-17(24-22-15)23-19-9-11-3-2-4-12(18)8-11/h2-9H,1H3,(H2,20,21,23,24)/b19-9-. The van der Waals surface area contributed by atoms with Gasteiger partial charge in [-0.1, -0.05) is 35.4 Å². The molecule has 0 aliphatic heterocycles. The largest absolute Gasteiger partial charge is 0.338 e. The van der Waals surface area contributed by atoms with Gasteiger partial charge in [0.1, 0.15) is 5.52 Å². The lowest BCUT2D eigenvalue weighted by Gasteiger charge is -1.97. The van der Waals surface area contributed by atoms with Crippen LogP contribution in [0.2, 0.25) is 5.02 Å². The number of hydrogen-bond donors (Lipinski definition) is 2. The molecule has 2 aromatic heterocycles. The zero-order chi connectivity index (χ0) is 16.5. The van der Waals surface area contributed by atoms with Crippen LogP contribution in [0.5, 0.6) is 0 Å². The Morgan fingerprint density at radius 1 is 1.17 bits per heavy atom. The number of hydrogen-bond acceptors (Lipinski definition) is 5. The molecule has 118 valence electrons. The maximum atomic E-state index is 5.93. The van der Waals surface area contributed by atoms with E-state index in [0.29, 0.717) is 16.6 Å². The number of aryl methyl sites for hydroxylation is 1. The predicted octanol–water partition coefficient (Wildman–Crippen LogP) is 3.91. The van der Waals surface area contributed by atoms with Crippen LogP contribution >= 0.6 is 11.6 Å². The molecule has 0 saturated carbocycles. The number of H-pyrrole nitrogens is 1. The molecule has 0 unspecified atom stereocenters. The lowest BCUT2D eigenvalue weighted by Crippen LogP contribution is -1.98. The predicted molar refractivity (Wildman–Crippen MR) is 96.6 cm³/mol. The van der Waals surface area contributed by atoms with E-state index in [0.717, 1.165) is 22.0 Å². The Kier molecular flexibility index (Phi) is 3.59. The van der Waals surface area contributed by atoms with Crippen molar-refractivity contribution < 1.29 is 0 Å². The van der Waals surface area contributed by atoms with Gasteiger partial charge in [-0.25, -0.2) is 5.43 Å². The fraction of sp³-hybridized carbons (Fsp3) is 0.0588. The molecule has 0 aliphatic carbocycles. The minimum Gasteiger partial charge on any atom is -0.338 e. The van der Waals surface area contributed by atoms with Crippen molar-refractivity contribution in [2.45, 2.75) is 6.92 Å². The van der Waals surface area contributed by atoms with Crippen molar-refractivity contribution in [3.63, 3.8) is 0 Å². The van der Waals surface area contributed by atoms with Crippen LogP contribution in [0.4, 0.5) is 5.95 Å². The zero-order valence-corrected chi connectivity index (χ0v) is 13.5. The molecule has 0 bridgehead atoms. The lowest BCUT2D eigenvalue weighted by molar-refractivity contribution is 1.01. The number of aromatic nitrogens is 4. The second kappa shape index (κ2) is 5.90. The van der Waals surface area contributed by atoms with Crippen molar-refractivity contribution >= 4 is 45.8 Å². The number of nitrogens with one attached hydrogen (secondary N) is 2. The van der Waals surface area contributed by atoms with E-state index in [1.807, 2.05) is 43.3 Å². The normalized spacial score (nSPS) is 11.6. The molecule has 7 heteroatoms. The van der Waals surface area contributed by atoms with E-state index in [9.17, 15) is 0 Å². The van der Waals surface area contributed by atoms with Gasteiger partial charge < -0.3 is 4.98 Å². The van der Waals surface area contributed by atoms with E-state index in [1.165, 1.54) is 5.56 Å². The Labute approximate surface area is 142 Å². The number of rotatable bonds is 3. The first kappa shape index (κ1) is 14.6. The van der Waals surface area contributed by atoms with Gasteiger partial charge >= 0.3 is 0 Å². The quantitative estimate of drug-likeness (QED) is 0.439. The summed E-state index contributed by atoms with van der Waals surface area (Å²) in [6, 6.07) is 13.5. The molecule has 2 aromatic carbocycles. The van der Waals surface area contributed by atoms with Crippen LogP contribution < -0.4 is 5.43 Å². The Balaban J connectivity index is 1.62. The van der Waals surface area contributed by atoms with Crippen molar-refractivity contribution in [1.82, 2.24) is 20.2 Å². The highest BCUT2D eigenvalue weighted by Gasteiger charge is 2.08. The number of hydrazone groups is 1. The van der Waals surface area contributed by atoms with E-state index in [-0.39, 0.29) is 0 Å². The molecule has 0 amide bonds. The Morgan fingerprint density at radius 2 is 2.08 bits per heavy atom. The van der Waals surface area contributed by atoms with Crippen LogP contribution in [0.15, 0.2) is 47.6 Å². The maximum absolute atomic E-state index is 5.93. The van der Waals surface area contributed by atoms with Crippen molar-refractivity contribution in [3.8, 4) is 0 Å². The first-order chi connectivity index (χ1) is 11.7. The maximum Gasteiger partial charge on any atom is 0.265 e. The van der Waals surface area contributed by atoms with E-state index in [2.05, 4.69) is 36.8 Å². The average molecular weight is 337 g/mol. The van der Waals surface area contributed by atoms with Crippen LogP contribution in [0, 0.1) is 6.92 Å². The summed E-state index contributed by atoms with van der Waals surface area (Å²) in [5.74, 6) is 0.323. The highest BCUT2D eigenvalue weighted by Crippen LogP contribution is 2.23. The third kappa shape index (κ3) is 2.79. The first-order valence-electron chi connectivity index (χ1n) is 7.36. The second-order valence-electron chi connectivity index (χ2n) is 5.43. The molecule has 0 aliphatic rings. The van der Waals surface area contributed by atoms with Crippen molar-refractivity contribution in [2.24, 2.45) is 5.10 Å². The molecule has 0 radical (unpaired) electrons. The molecule has 0 spiro atoms. The molecule has 4 rings (SSSR count). The minimum absolute atomic E-state index is 0.323. The molecular weight excluding hydrogens is 324 g/mol. The molecule has 0 fully saturated rings. The molecule has 24 heavy (non-hydrogen) atoms. The molecule has 0 atom stereocenters. The van der Waals surface area contributed by atoms with Gasteiger partial charge in [0.05, 0.1) is 6.21 Å². The number of nitrogens with zero attached hydrogens (tertiary/aromatic N) is 4. The Hall–Kier alpha value is -2.99. The fourth-order valence-electron chi connectivity index (χ4n) is 2.48. The van der Waals surface area contributed by atoms with Gasteiger partial charge in [-0.15, -0.1) is 10.2 Å². The molecule has 2 heterocycles. The third-order valence-electron chi connectivity index (χ3n) is 3.60. The fourth-order valence-corrected chi connectivity index (χ4v) is 2.68.